The molecule has 2 aromatic rings. The maximum atomic E-state index is 6.20. The first-order valence-electron chi connectivity index (χ1n) is 7.95. The van der Waals surface area contributed by atoms with Gasteiger partial charge in [0.1, 0.15) is 5.75 Å². The Labute approximate surface area is 151 Å². The van der Waals surface area contributed by atoms with Gasteiger partial charge in [0.2, 0.25) is 0 Å². The van der Waals surface area contributed by atoms with Crippen molar-refractivity contribution in [1.29, 1.82) is 0 Å². The van der Waals surface area contributed by atoms with Crippen LogP contribution in [-0.4, -0.2) is 36.4 Å². The Morgan fingerprint density at radius 1 is 1.38 bits per heavy atom. The van der Waals surface area contributed by atoms with Crippen LogP contribution >= 0.6 is 23.2 Å². The number of rotatable bonds is 5. The number of piperidine rings is 1. The molecular weight excluding hydrogens is 347 g/mol. The highest BCUT2D eigenvalue weighted by Gasteiger charge is 2.21. The number of halogens is 2. The molecule has 0 radical (unpaired) electrons. The zero-order chi connectivity index (χ0) is 16.9. The summed E-state index contributed by atoms with van der Waals surface area (Å²) >= 11 is 12.3. The van der Waals surface area contributed by atoms with Gasteiger partial charge in [0.25, 0.3) is 0 Å². The molecule has 1 unspecified atom stereocenters. The Bertz CT molecular complexity index is 684. The molecule has 1 aromatic heterocycles. The lowest BCUT2D eigenvalue weighted by Gasteiger charge is -2.33. The molecule has 1 aromatic carbocycles. The van der Waals surface area contributed by atoms with Crippen molar-refractivity contribution in [3.8, 4) is 5.75 Å². The quantitative estimate of drug-likeness (QED) is 0.876. The lowest BCUT2D eigenvalue weighted by Crippen LogP contribution is -2.45. The maximum Gasteiger partial charge on any atom is 0.151 e. The minimum atomic E-state index is 0.364. The predicted octanol–water partition coefficient (Wildman–Crippen LogP) is 3.55. The van der Waals surface area contributed by atoms with Crippen LogP contribution in [0.2, 0.25) is 10.0 Å². The highest BCUT2D eigenvalue weighted by atomic mass is 35.5. The normalized spacial score (nSPS) is 17.8. The second-order valence-corrected chi connectivity index (χ2v) is 6.67. The van der Waals surface area contributed by atoms with Crippen LogP contribution in [-0.2, 0) is 6.54 Å². The van der Waals surface area contributed by atoms with E-state index in [0.29, 0.717) is 28.4 Å². The summed E-state index contributed by atoms with van der Waals surface area (Å²) < 4.78 is 5.40. The Hall–Kier alpha value is -1.56. The van der Waals surface area contributed by atoms with Crippen LogP contribution in [0.15, 0.2) is 30.5 Å². The van der Waals surface area contributed by atoms with E-state index in [9.17, 15) is 0 Å². The summed E-state index contributed by atoms with van der Waals surface area (Å²) in [6, 6.07) is 7.86. The monoisotopic (exact) mass is 366 g/mol. The van der Waals surface area contributed by atoms with Gasteiger partial charge >= 0.3 is 0 Å². The molecule has 7 heteroatoms. The number of ether oxygens (including phenoxy) is 1. The largest absolute Gasteiger partial charge is 0.495 e. The zero-order valence-corrected chi connectivity index (χ0v) is 15.0. The fourth-order valence-electron chi connectivity index (χ4n) is 3.04. The summed E-state index contributed by atoms with van der Waals surface area (Å²) in [7, 11) is 1.62. The van der Waals surface area contributed by atoms with Crippen LogP contribution in [0.5, 0.6) is 5.75 Å². The van der Waals surface area contributed by atoms with E-state index in [0.717, 1.165) is 37.3 Å². The fraction of sp³-hybridized carbons (Fsp3) is 0.412. The molecule has 1 aliphatic rings. The minimum Gasteiger partial charge on any atom is -0.495 e. The lowest BCUT2D eigenvalue weighted by atomic mass is 10.0. The Morgan fingerprint density at radius 2 is 2.25 bits per heavy atom. The number of nitrogens with one attached hydrogen (secondary N) is 1. The Morgan fingerprint density at radius 3 is 3.00 bits per heavy atom. The van der Waals surface area contributed by atoms with E-state index in [1.807, 2.05) is 18.2 Å². The molecule has 1 saturated heterocycles. The summed E-state index contributed by atoms with van der Waals surface area (Å²) in [6.45, 7) is 2.56. The summed E-state index contributed by atoms with van der Waals surface area (Å²) in [6.07, 6.45) is 3.92. The van der Waals surface area contributed by atoms with E-state index in [1.54, 1.807) is 19.4 Å². The van der Waals surface area contributed by atoms with Gasteiger partial charge in [-0.15, -0.1) is 5.10 Å². The van der Waals surface area contributed by atoms with Gasteiger partial charge in [-0.05, 0) is 37.1 Å². The van der Waals surface area contributed by atoms with Gasteiger partial charge < -0.3 is 15.0 Å². The molecule has 5 nitrogen and oxygen atoms in total. The second-order valence-electron chi connectivity index (χ2n) is 5.83. The van der Waals surface area contributed by atoms with Gasteiger partial charge in [-0.25, -0.2) is 0 Å². The summed E-state index contributed by atoms with van der Waals surface area (Å²) in [5, 5.41) is 12.9. The Kier molecular flexibility index (Phi) is 5.76. The van der Waals surface area contributed by atoms with Crippen LogP contribution in [0.25, 0.3) is 0 Å². The summed E-state index contributed by atoms with van der Waals surface area (Å²) in [5.74, 6) is 1.60. The molecule has 0 bridgehead atoms. The number of aromatic nitrogens is 2. The van der Waals surface area contributed by atoms with Crippen molar-refractivity contribution in [3.05, 3.63) is 46.1 Å². The number of benzene rings is 1. The highest BCUT2D eigenvalue weighted by Crippen LogP contribution is 2.32. The van der Waals surface area contributed by atoms with Gasteiger partial charge in [-0.2, -0.15) is 5.10 Å². The van der Waals surface area contributed by atoms with Gasteiger partial charge in [-0.1, -0.05) is 23.2 Å². The van der Waals surface area contributed by atoms with E-state index in [-0.39, 0.29) is 0 Å². The third-order valence-corrected chi connectivity index (χ3v) is 4.67. The first kappa shape index (κ1) is 17.3. The summed E-state index contributed by atoms with van der Waals surface area (Å²) in [5.41, 5.74) is 0.964. The molecule has 128 valence electrons. The van der Waals surface area contributed by atoms with Crippen molar-refractivity contribution in [2.75, 3.05) is 25.1 Å². The highest BCUT2D eigenvalue weighted by molar-refractivity contribution is 6.35. The number of hydrogen-bond donors (Lipinski definition) is 1. The fourth-order valence-corrected chi connectivity index (χ4v) is 3.65. The molecule has 3 rings (SSSR count). The average Bonchev–Trinajstić information content (AvgIpc) is 2.60. The van der Waals surface area contributed by atoms with Crippen LogP contribution in [0, 0.1) is 0 Å². The molecule has 0 aliphatic carbocycles. The second kappa shape index (κ2) is 8.01. The number of methoxy groups -OCH3 is 1. The van der Waals surface area contributed by atoms with E-state index in [2.05, 4.69) is 20.4 Å². The summed E-state index contributed by atoms with van der Waals surface area (Å²) in [4.78, 5) is 2.26. The van der Waals surface area contributed by atoms with Crippen molar-refractivity contribution < 1.29 is 4.74 Å². The van der Waals surface area contributed by atoms with Gasteiger partial charge in [0, 0.05) is 42.5 Å². The molecule has 0 spiro atoms. The van der Waals surface area contributed by atoms with Crippen molar-refractivity contribution in [2.45, 2.75) is 25.4 Å². The van der Waals surface area contributed by atoms with Crippen molar-refractivity contribution in [3.63, 3.8) is 0 Å². The third-order valence-electron chi connectivity index (χ3n) is 4.17. The molecule has 1 atom stereocenters. The van der Waals surface area contributed by atoms with Gasteiger partial charge in [0.05, 0.1) is 12.1 Å². The van der Waals surface area contributed by atoms with E-state index < -0.39 is 0 Å². The van der Waals surface area contributed by atoms with Crippen molar-refractivity contribution in [1.82, 2.24) is 15.5 Å². The van der Waals surface area contributed by atoms with Crippen molar-refractivity contribution in [2.24, 2.45) is 0 Å². The first-order valence-corrected chi connectivity index (χ1v) is 8.71. The molecule has 1 fully saturated rings. The zero-order valence-electron chi connectivity index (χ0n) is 13.5. The lowest BCUT2D eigenvalue weighted by molar-refractivity contribution is 0.394. The van der Waals surface area contributed by atoms with E-state index in [1.165, 1.54) is 0 Å². The standard InChI is InChI=1S/C17H20Cl2N4O/c1-24-17-12(8-13(18)9-15(17)19)10-20-14-4-3-7-23(11-14)16-5-2-6-21-22-16/h2,5-6,8-9,14,20H,3-4,7,10-11H2,1H3. The topological polar surface area (TPSA) is 50.3 Å². The van der Waals surface area contributed by atoms with Crippen LogP contribution in [0.1, 0.15) is 18.4 Å². The molecular formula is C17H20Cl2N4O. The molecule has 1 aliphatic heterocycles. The molecule has 0 amide bonds. The molecule has 1 N–H and O–H groups in total. The first-order chi connectivity index (χ1) is 11.7. The molecule has 0 saturated carbocycles. The van der Waals surface area contributed by atoms with Gasteiger partial charge in [0.15, 0.2) is 5.82 Å². The third kappa shape index (κ3) is 4.09. The average molecular weight is 367 g/mol. The number of hydrogen-bond acceptors (Lipinski definition) is 5. The number of anilines is 1. The van der Waals surface area contributed by atoms with Crippen LogP contribution in [0.4, 0.5) is 5.82 Å². The number of nitrogens with zero attached hydrogens (tertiary/aromatic N) is 3. The van der Waals surface area contributed by atoms with Crippen molar-refractivity contribution >= 4 is 29.0 Å². The molecule has 2 heterocycles. The SMILES string of the molecule is COc1c(Cl)cc(Cl)cc1CNC1CCCN(c2cccnn2)C1. The Balaban J connectivity index is 1.65. The van der Waals surface area contributed by atoms with Crippen LogP contribution < -0.4 is 15.0 Å². The van der Waals surface area contributed by atoms with E-state index >= 15 is 0 Å². The predicted molar refractivity (Wildman–Crippen MR) is 97.1 cm³/mol. The van der Waals surface area contributed by atoms with Gasteiger partial charge in [-0.3, -0.25) is 0 Å². The minimum absolute atomic E-state index is 0.364. The maximum absolute atomic E-state index is 6.20. The molecule has 24 heavy (non-hydrogen) atoms. The van der Waals surface area contributed by atoms with E-state index in [4.69, 9.17) is 27.9 Å². The smallest absolute Gasteiger partial charge is 0.151 e. The van der Waals surface area contributed by atoms with Crippen LogP contribution in [0.3, 0.4) is 0 Å².